The largest absolute Gasteiger partial charge is 0.497 e. The summed E-state index contributed by atoms with van der Waals surface area (Å²) in [6, 6.07) is 16.3. The quantitative estimate of drug-likeness (QED) is 0.860. The second kappa shape index (κ2) is 7.14. The summed E-state index contributed by atoms with van der Waals surface area (Å²) in [7, 11) is 3.60. The van der Waals surface area contributed by atoms with Gasteiger partial charge in [0.25, 0.3) is 0 Å². The van der Waals surface area contributed by atoms with Crippen molar-refractivity contribution in [2.45, 2.75) is 26.1 Å². The van der Waals surface area contributed by atoms with Gasteiger partial charge in [0.05, 0.1) is 13.2 Å². The molecular formula is C18H23NO2. The van der Waals surface area contributed by atoms with Gasteiger partial charge in [-0.1, -0.05) is 30.3 Å². The van der Waals surface area contributed by atoms with E-state index >= 15 is 0 Å². The standard InChI is InChI=1S/C18H23NO2/c1-13(2)21-18(14-9-11-15(20-4)12-10-14)16-7-5-6-8-17(16)19-3/h5-13,18-19H,1-4H3/t18-/m0/s1. The van der Waals surface area contributed by atoms with E-state index in [0.29, 0.717) is 0 Å². The topological polar surface area (TPSA) is 30.5 Å². The number of anilines is 1. The van der Waals surface area contributed by atoms with Gasteiger partial charge in [-0.05, 0) is 37.6 Å². The van der Waals surface area contributed by atoms with Gasteiger partial charge in [-0.15, -0.1) is 0 Å². The van der Waals surface area contributed by atoms with Gasteiger partial charge in [0, 0.05) is 18.3 Å². The highest BCUT2D eigenvalue weighted by Crippen LogP contribution is 2.33. The van der Waals surface area contributed by atoms with Crippen LogP contribution in [0.25, 0.3) is 0 Å². The molecule has 0 bridgehead atoms. The predicted octanol–water partition coefficient (Wildman–Crippen LogP) is 4.25. The van der Waals surface area contributed by atoms with Crippen molar-refractivity contribution in [3.8, 4) is 5.75 Å². The normalized spacial score (nSPS) is 12.2. The van der Waals surface area contributed by atoms with Crippen LogP contribution in [0.4, 0.5) is 5.69 Å². The van der Waals surface area contributed by atoms with E-state index in [9.17, 15) is 0 Å². The summed E-state index contributed by atoms with van der Waals surface area (Å²) in [5.41, 5.74) is 3.34. The highest BCUT2D eigenvalue weighted by molar-refractivity contribution is 5.54. The Morgan fingerprint density at radius 1 is 0.952 bits per heavy atom. The van der Waals surface area contributed by atoms with E-state index in [1.54, 1.807) is 7.11 Å². The molecule has 0 aliphatic rings. The molecule has 2 aromatic rings. The third-order valence-electron chi connectivity index (χ3n) is 3.34. The monoisotopic (exact) mass is 285 g/mol. The minimum atomic E-state index is -0.0976. The number of methoxy groups -OCH3 is 1. The first-order chi connectivity index (χ1) is 10.2. The molecule has 0 amide bonds. The lowest BCUT2D eigenvalue weighted by Gasteiger charge is -2.24. The molecule has 3 nitrogen and oxygen atoms in total. The Labute approximate surface area is 126 Å². The van der Waals surface area contributed by atoms with Gasteiger partial charge >= 0.3 is 0 Å². The third-order valence-corrected chi connectivity index (χ3v) is 3.34. The average molecular weight is 285 g/mol. The summed E-state index contributed by atoms with van der Waals surface area (Å²) < 4.78 is 11.4. The van der Waals surface area contributed by atoms with Gasteiger partial charge in [-0.25, -0.2) is 0 Å². The molecule has 112 valence electrons. The molecule has 0 radical (unpaired) electrons. The fraction of sp³-hybridized carbons (Fsp3) is 0.333. The number of benzene rings is 2. The van der Waals surface area contributed by atoms with Crippen LogP contribution in [0.2, 0.25) is 0 Å². The second-order valence-electron chi connectivity index (χ2n) is 5.18. The summed E-state index contributed by atoms with van der Waals surface area (Å²) in [5.74, 6) is 0.851. The average Bonchev–Trinajstić information content (AvgIpc) is 2.52. The first kappa shape index (κ1) is 15.4. The van der Waals surface area contributed by atoms with E-state index in [2.05, 4.69) is 43.4 Å². The molecule has 0 saturated carbocycles. The number of hydrogen-bond donors (Lipinski definition) is 1. The number of rotatable bonds is 6. The van der Waals surface area contributed by atoms with Gasteiger partial charge in [0.2, 0.25) is 0 Å². The number of hydrogen-bond acceptors (Lipinski definition) is 3. The Hall–Kier alpha value is -2.00. The molecule has 0 aromatic heterocycles. The zero-order valence-corrected chi connectivity index (χ0v) is 13.1. The van der Waals surface area contributed by atoms with Crippen molar-refractivity contribution in [3.05, 3.63) is 59.7 Å². The Morgan fingerprint density at radius 2 is 1.62 bits per heavy atom. The lowest BCUT2D eigenvalue weighted by Crippen LogP contribution is -2.13. The fourth-order valence-electron chi connectivity index (χ4n) is 2.34. The van der Waals surface area contributed by atoms with E-state index in [4.69, 9.17) is 9.47 Å². The Bertz CT molecular complexity index is 564. The lowest BCUT2D eigenvalue weighted by atomic mass is 9.99. The van der Waals surface area contributed by atoms with Crippen molar-refractivity contribution in [1.82, 2.24) is 0 Å². The highest BCUT2D eigenvalue weighted by Gasteiger charge is 2.19. The van der Waals surface area contributed by atoms with Crippen molar-refractivity contribution in [2.24, 2.45) is 0 Å². The van der Waals surface area contributed by atoms with Gasteiger partial charge in [0.1, 0.15) is 11.9 Å². The molecule has 3 heteroatoms. The molecule has 0 spiro atoms. The third kappa shape index (κ3) is 3.76. The molecule has 2 rings (SSSR count). The molecular weight excluding hydrogens is 262 g/mol. The van der Waals surface area contributed by atoms with Crippen molar-refractivity contribution in [1.29, 1.82) is 0 Å². The smallest absolute Gasteiger partial charge is 0.118 e. The summed E-state index contributed by atoms with van der Waals surface area (Å²) in [6.07, 6.45) is 0.0431. The second-order valence-corrected chi connectivity index (χ2v) is 5.18. The van der Waals surface area contributed by atoms with Crippen LogP contribution in [0.5, 0.6) is 5.75 Å². The van der Waals surface area contributed by atoms with Crippen LogP contribution in [-0.2, 0) is 4.74 Å². The summed E-state index contributed by atoms with van der Waals surface area (Å²) >= 11 is 0. The van der Waals surface area contributed by atoms with Gasteiger partial charge < -0.3 is 14.8 Å². The van der Waals surface area contributed by atoms with Crippen LogP contribution in [0.1, 0.15) is 31.1 Å². The maximum atomic E-state index is 6.16. The number of para-hydroxylation sites is 1. The zero-order valence-electron chi connectivity index (χ0n) is 13.1. The maximum absolute atomic E-state index is 6.16. The number of nitrogens with one attached hydrogen (secondary N) is 1. The first-order valence-electron chi connectivity index (χ1n) is 7.21. The molecule has 0 unspecified atom stereocenters. The molecule has 2 aromatic carbocycles. The summed E-state index contributed by atoms with van der Waals surface area (Å²) in [4.78, 5) is 0. The molecule has 21 heavy (non-hydrogen) atoms. The van der Waals surface area contributed by atoms with Crippen LogP contribution < -0.4 is 10.1 Å². The van der Waals surface area contributed by atoms with Crippen molar-refractivity contribution in [3.63, 3.8) is 0 Å². The Morgan fingerprint density at radius 3 is 2.19 bits per heavy atom. The van der Waals surface area contributed by atoms with Crippen LogP contribution >= 0.6 is 0 Å². The zero-order chi connectivity index (χ0) is 15.2. The number of ether oxygens (including phenoxy) is 2. The predicted molar refractivity (Wildman–Crippen MR) is 87.0 cm³/mol. The van der Waals surface area contributed by atoms with Crippen LogP contribution in [0.3, 0.4) is 0 Å². The molecule has 0 fully saturated rings. The summed E-state index contributed by atoms with van der Waals surface area (Å²) in [6.45, 7) is 4.11. The van der Waals surface area contributed by atoms with Gasteiger partial charge in [0.15, 0.2) is 0 Å². The van der Waals surface area contributed by atoms with Gasteiger partial charge in [-0.2, -0.15) is 0 Å². The molecule has 0 aliphatic heterocycles. The van der Waals surface area contributed by atoms with E-state index in [1.807, 2.05) is 31.3 Å². The van der Waals surface area contributed by atoms with Crippen molar-refractivity contribution < 1.29 is 9.47 Å². The van der Waals surface area contributed by atoms with Crippen LogP contribution in [0.15, 0.2) is 48.5 Å². The van der Waals surface area contributed by atoms with Crippen molar-refractivity contribution in [2.75, 3.05) is 19.5 Å². The lowest BCUT2D eigenvalue weighted by molar-refractivity contribution is 0.0307. The van der Waals surface area contributed by atoms with Crippen molar-refractivity contribution >= 4 is 5.69 Å². The van der Waals surface area contributed by atoms with Gasteiger partial charge in [-0.3, -0.25) is 0 Å². The minimum Gasteiger partial charge on any atom is -0.497 e. The van der Waals surface area contributed by atoms with Crippen LogP contribution in [-0.4, -0.2) is 20.3 Å². The van der Waals surface area contributed by atoms with E-state index in [1.165, 1.54) is 0 Å². The molecule has 0 aliphatic carbocycles. The highest BCUT2D eigenvalue weighted by atomic mass is 16.5. The van der Waals surface area contributed by atoms with Crippen LogP contribution in [0, 0.1) is 0 Å². The van der Waals surface area contributed by atoms with E-state index in [-0.39, 0.29) is 12.2 Å². The first-order valence-corrected chi connectivity index (χ1v) is 7.21. The fourth-order valence-corrected chi connectivity index (χ4v) is 2.34. The molecule has 0 saturated heterocycles. The van der Waals surface area contributed by atoms with E-state index < -0.39 is 0 Å². The SMILES string of the molecule is CNc1ccccc1[C@@H](OC(C)C)c1ccc(OC)cc1. The maximum Gasteiger partial charge on any atom is 0.118 e. The minimum absolute atomic E-state index is 0.0976. The van der Waals surface area contributed by atoms with E-state index in [0.717, 1.165) is 22.6 Å². The summed E-state index contributed by atoms with van der Waals surface area (Å²) in [5, 5.41) is 3.24. The molecule has 1 N–H and O–H groups in total. The molecule has 0 heterocycles. The Kier molecular flexibility index (Phi) is 5.23. The Balaban J connectivity index is 2.41. The molecule has 1 atom stereocenters.